The van der Waals surface area contributed by atoms with E-state index in [1.807, 2.05) is 0 Å². The Morgan fingerprint density at radius 1 is 1.67 bits per heavy atom. The number of nitro groups is 1. The van der Waals surface area contributed by atoms with Crippen LogP contribution in [0.3, 0.4) is 0 Å². The largest absolute Gasteiger partial charge is 0.392 e. The first-order valence-electron chi connectivity index (χ1n) is 3.60. The van der Waals surface area contributed by atoms with Gasteiger partial charge in [0.25, 0.3) is 6.43 Å². The Bertz CT molecular complexity index is 455. The molecule has 0 atom stereocenters. The fraction of sp³-hybridized carbons (Fsp3) is 0.143. The molecule has 1 rings (SSSR count). The minimum absolute atomic E-state index is 0.416. The standard InChI is InChI=1S/C7H4F2N4O2/c8-7(9)5-3(1-10)6(13(14)15)4(11)2-12-5/h2,7H,11H2. The number of nitrogens with two attached hydrogens (primary N) is 1. The second-order valence-corrected chi connectivity index (χ2v) is 2.49. The zero-order valence-corrected chi connectivity index (χ0v) is 7.15. The summed E-state index contributed by atoms with van der Waals surface area (Å²) in [5.74, 6) is 0. The first kappa shape index (κ1) is 10.8. The van der Waals surface area contributed by atoms with E-state index in [1.165, 1.54) is 6.07 Å². The zero-order valence-electron chi connectivity index (χ0n) is 7.15. The molecule has 0 fully saturated rings. The highest BCUT2D eigenvalue weighted by atomic mass is 19.3. The number of nitrogen functional groups attached to an aromatic ring is 1. The molecule has 1 heterocycles. The van der Waals surface area contributed by atoms with Gasteiger partial charge in [0.1, 0.15) is 17.5 Å². The number of rotatable bonds is 2. The average molecular weight is 214 g/mol. The second kappa shape index (κ2) is 3.83. The molecule has 1 aromatic rings. The van der Waals surface area contributed by atoms with Crippen molar-refractivity contribution in [3.05, 3.63) is 27.6 Å². The Morgan fingerprint density at radius 3 is 2.67 bits per heavy atom. The monoisotopic (exact) mass is 214 g/mol. The van der Waals surface area contributed by atoms with E-state index in [0.29, 0.717) is 0 Å². The summed E-state index contributed by atoms with van der Waals surface area (Å²) in [6, 6.07) is 1.30. The summed E-state index contributed by atoms with van der Waals surface area (Å²) in [7, 11) is 0. The molecule has 0 aliphatic rings. The van der Waals surface area contributed by atoms with Crippen molar-refractivity contribution in [1.82, 2.24) is 4.98 Å². The minimum atomic E-state index is -3.06. The van der Waals surface area contributed by atoms with Crippen LogP contribution in [-0.4, -0.2) is 9.91 Å². The predicted molar refractivity (Wildman–Crippen MR) is 45.0 cm³/mol. The van der Waals surface area contributed by atoms with Crippen LogP contribution in [-0.2, 0) is 0 Å². The summed E-state index contributed by atoms with van der Waals surface area (Å²) < 4.78 is 24.6. The number of pyridine rings is 1. The van der Waals surface area contributed by atoms with Crippen molar-refractivity contribution in [2.75, 3.05) is 5.73 Å². The number of nitrogens with zero attached hydrogens (tertiary/aromatic N) is 3. The highest BCUT2D eigenvalue weighted by Gasteiger charge is 2.27. The Hall–Kier alpha value is -2.30. The molecule has 78 valence electrons. The maximum atomic E-state index is 12.3. The van der Waals surface area contributed by atoms with Gasteiger partial charge in [-0.05, 0) is 0 Å². The SMILES string of the molecule is N#Cc1c(C(F)F)ncc(N)c1[N+](=O)[O-]. The first-order valence-corrected chi connectivity index (χ1v) is 3.60. The van der Waals surface area contributed by atoms with Crippen LogP contribution in [0.2, 0.25) is 0 Å². The lowest BCUT2D eigenvalue weighted by Gasteiger charge is -2.03. The van der Waals surface area contributed by atoms with Crippen molar-refractivity contribution in [3.63, 3.8) is 0 Å². The maximum Gasteiger partial charge on any atom is 0.313 e. The van der Waals surface area contributed by atoms with Gasteiger partial charge in [-0.1, -0.05) is 0 Å². The molecule has 2 N–H and O–H groups in total. The maximum absolute atomic E-state index is 12.3. The smallest absolute Gasteiger partial charge is 0.313 e. The third-order valence-electron chi connectivity index (χ3n) is 1.61. The van der Waals surface area contributed by atoms with Gasteiger partial charge in [-0.2, -0.15) is 5.26 Å². The van der Waals surface area contributed by atoms with Crippen LogP contribution in [0.4, 0.5) is 20.2 Å². The van der Waals surface area contributed by atoms with Gasteiger partial charge in [-0.3, -0.25) is 15.1 Å². The van der Waals surface area contributed by atoms with Crippen LogP contribution < -0.4 is 5.73 Å². The predicted octanol–water partition coefficient (Wildman–Crippen LogP) is 1.38. The molecule has 0 bridgehead atoms. The molecule has 15 heavy (non-hydrogen) atoms. The summed E-state index contributed by atoms with van der Waals surface area (Å²) in [6.07, 6.45) is -2.32. The number of anilines is 1. The molecule has 0 aromatic carbocycles. The minimum Gasteiger partial charge on any atom is -0.392 e. The van der Waals surface area contributed by atoms with Gasteiger partial charge in [0, 0.05) is 0 Å². The van der Waals surface area contributed by atoms with Gasteiger partial charge in [-0.15, -0.1) is 0 Å². The van der Waals surface area contributed by atoms with Crippen LogP contribution in [0.15, 0.2) is 6.20 Å². The van der Waals surface area contributed by atoms with Crippen LogP contribution in [0.1, 0.15) is 17.7 Å². The quantitative estimate of drug-likeness (QED) is 0.591. The Balaban J connectivity index is 3.56. The van der Waals surface area contributed by atoms with E-state index in [-0.39, 0.29) is 0 Å². The van der Waals surface area contributed by atoms with Crippen LogP contribution >= 0.6 is 0 Å². The van der Waals surface area contributed by atoms with E-state index < -0.39 is 34.0 Å². The Morgan fingerprint density at radius 2 is 2.27 bits per heavy atom. The van der Waals surface area contributed by atoms with Crippen molar-refractivity contribution in [2.45, 2.75) is 6.43 Å². The lowest BCUT2D eigenvalue weighted by Crippen LogP contribution is -2.04. The third kappa shape index (κ3) is 1.80. The summed E-state index contributed by atoms with van der Waals surface area (Å²) in [5, 5.41) is 19.0. The fourth-order valence-electron chi connectivity index (χ4n) is 1.00. The summed E-state index contributed by atoms with van der Waals surface area (Å²) >= 11 is 0. The third-order valence-corrected chi connectivity index (χ3v) is 1.61. The molecule has 8 heteroatoms. The molecule has 0 radical (unpaired) electrons. The van der Waals surface area contributed by atoms with Crippen LogP contribution in [0, 0.1) is 21.4 Å². The Kier molecular flexibility index (Phi) is 2.75. The lowest BCUT2D eigenvalue weighted by atomic mass is 10.1. The van der Waals surface area contributed by atoms with E-state index in [1.54, 1.807) is 0 Å². The number of nitriles is 1. The molecule has 0 aliphatic heterocycles. The average Bonchev–Trinajstić information content (AvgIpc) is 2.15. The number of alkyl halides is 2. The van der Waals surface area contributed by atoms with Gasteiger partial charge in [0.2, 0.25) is 0 Å². The molecule has 0 amide bonds. The summed E-state index contributed by atoms with van der Waals surface area (Å²) in [4.78, 5) is 12.7. The van der Waals surface area contributed by atoms with Crippen LogP contribution in [0.25, 0.3) is 0 Å². The van der Waals surface area contributed by atoms with E-state index in [2.05, 4.69) is 4.98 Å². The highest BCUT2D eigenvalue weighted by Crippen LogP contribution is 2.31. The van der Waals surface area contributed by atoms with Gasteiger partial charge in [0.05, 0.1) is 11.1 Å². The number of hydrogen-bond donors (Lipinski definition) is 1. The van der Waals surface area contributed by atoms with Crippen molar-refractivity contribution in [2.24, 2.45) is 0 Å². The van der Waals surface area contributed by atoms with E-state index in [4.69, 9.17) is 11.0 Å². The molecule has 0 aliphatic carbocycles. The Labute approximate surface area is 82.1 Å². The molecule has 0 unspecified atom stereocenters. The van der Waals surface area contributed by atoms with Crippen molar-refractivity contribution in [1.29, 1.82) is 5.26 Å². The topological polar surface area (TPSA) is 106 Å². The molecule has 6 nitrogen and oxygen atoms in total. The highest BCUT2D eigenvalue weighted by molar-refractivity contribution is 5.66. The summed E-state index contributed by atoms with van der Waals surface area (Å²) in [5.41, 5.74) is 2.19. The van der Waals surface area contributed by atoms with Gasteiger partial charge in [-0.25, -0.2) is 8.78 Å². The van der Waals surface area contributed by atoms with Crippen LogP contribution in [0.5, 0.6) is 0 Å². The fourth-order valence-corrected chi connectivity index (χ4v) is 1.00. The lowest BCUT2D eigenvalue weighted by molar-refractivity contribution is -0.384. The van der Waals surface area contributed by atoms with Gasteiger partial charge >= 0.3 is 5.69 Å². The molecular weight excluding hydrogens is 210 g/mol. The zero-order chi connectivity index (χ0) is 11.6. The van der Waals surface area contributed by atoms with Gasteiger partial charge < -0.3 is 5.73 Å². The molecule has 1 aromatic heterocycles. The normalized spacial score (nSPS) is 10.0. The molecular formula is C7H4F2N4O2. The second-order valence-electron chi connectivity index (χ2n) is 2.49. The first-order chi connectivity index (χ1) is 6.99. The van der Waals surface area contributed by atoms with Crippen molar-refractivity contribution < 1.29 is 13.7 Å². The summed E-state index contributed by atoms with van der Waals surface area (Å²) in [6.45, 7) is 0. The molecule has 0 saturated carbocycles. The number of hydrogen-bond acceptors (Lipinski definition) is 5. The molecule has 0 spiro atoms. The number of halogens is 2. The van der Waals surface area contributed by atoms with E-state index in [9.17, 15) is 18.9 Å². The molecule has 0 saturated heterocycles. The van der Waals surface area contributed by atoms with Crippen molar-refractivity contribution in [3.8, 4) is 6.07 Å². The van der Waals surface area contributed by atoms with E-state index in [0.717, 1.165) is 6.20 Å². The number of aromatic nitrogens is 1. The van der Waals surface area contributed by atoms with E-state index >= 15 is 0 Å². The van der Waals surface area contributed by atoms with Gasteiger partial charge in [0.15, 0.2) is 5.56 Å². The van der Waals surface area contributed by atoms with Crippen molar-refractivity contribution >= 4 is 11.4 Å².